The fourth-order valence-electron chi connectivity index (χ4n) is 2.50. The Morgan fingerprint density at radius 3 is 3.00 bits per heavy atom. The summed E-state index contributed by atoms with van der Waals surface area (Å²) in [6, 6.07) is 1.98. The summed E-state index contributed by atoms with van der Waals surface area (Å²) in [6.07, 6.45) is 0.848. The summed E-state index contributed by atoms with van der Waals surface area (Å²) >= 11 is 5.89. The molecule has 5 nitrogen and oxygen atoms in total. The zero-order valence-corrected chi connectivity index (χ0v) is 10.3. The highest BCUT2D eigenvalue weighted by molar-refractivity contribution is 6.28. The molecule has 1 aliphatic rings. The molecule has 0 bridgehead atoms. The molecule has 6 heteroatoms. The first kappa shape index (κ1) is 10.5. The lowest BCUT2D eigenvalue weighted by molar-refractivity contribution is 0.111. The van der Waals surface area contributed by atoms with Gasteiger partial charge in [-0.25, -0.2) is 4.98 Å². The number of hydrogen-bond acceptors (Lipinski definition) is 4. The van der Waals surface area contributed by atoms with Crippen LogP contribution in [0, 0.1) is 0 Å². The molecular formula is C11H11ClN4O. The van der Waals surface area contributed by atoms with Crippen molar-refractivity contribution >= 4 is 34.7 Å². The number of anilines is 1. The normalized spacial score (nSPS) is 18.8. The lowest BCUT2D eigenvalue weighted by Crippen LogP contribution is -2.32. The smallest absolute Gasteiger partial charge is 0.225 e. The van der Waals surface area contributed by atoms with Crippen molar-refractivity contribution in [1.29, 1.82) is 0 Å². The maximum Gasteiger partial charge on any atom is 0.225 e. The fourth-order valence-corrected chi connectivity index (χ4v) is 2.67. The van der Waals surface area contributed by atoms with E-state index in [4.69, 9.17) is 11.6 Å². The second-order valence-corrected chi connectivity index (χ2v) is 4.67. The van der Waals surface area contributed by atoms with Crippen molar-refractivity contribution in [3.05, 3.63) is 17.0 Å². The second kappa shape index (κ2) is 3.43. The number of carbonyl (C=O) groups is 1. The number of aldehydes is 1. The van der Waals surface area contributed by atoms with Crippen molar-refractivity contribution in [2.45, 2.75) is 13.0 Å². The van der Waals surface area contributed by atoms with E-state index in [0.717, 1.165) is 29.7 Å². The molecule has 0 N–H and O–H groups in total. The molecule has 0 amide bonds. The Morgan fingerprint density at radius 2 is 2.29 bits per heavy atom. The van der Waals surface area contributed by atoms with Gasteiger partial charge in [-0.2, -0.15) is 4.98 Å². The van der Waals surface area contributed by atoms with Gasteiger partial charge in [0.15, 0.2) is 12.1 Å². The number of rotatable bonds is 1. The second-order valence-electron chi connectivity index (χ2n) is 4.34. The molecule has 1 aliphatic heterocycles. The van der Waals surface area contributed by atoms with Gasteiger partial charge < -0.3 is 9.47 Å². The van der Waals surface area contributed by atoms with Crippen LogP contribution >= 0.6 is 11.6 Å². The van der Waals surface area contributed by atoms with Gasteiger partial charge in [-0.05, 0) is 24.6 Å². The van der Waals surface area contributed by atoms with Crippen LogP contribution in [0.25, 0.3) is 11.0 Å². The number of likely N-dealkylation sites (N-methyl/N-ethyl adjacent to an activating group) is 1. The van der Waals surface area contributed by atoms with E-state index in [1.54, 1.807) is 6.07 Å². The zero-order valence-electron chi connectivity index (χ0n) is 9.51. The maximum absolute atomic E-state index is 11.1. The van der Waals surface area contributed by atoms with Crippen LogP contribution < -0.4 is 4.90 Å². The van der Waals surface area contributed by atoms with E-state index in [2.05, 4.69) is 16.9 Å². The fraction of sp³-hybridized carbons (Fsp3) is 0.364. The molecule has 2 aromatic rings. The predicted octanol–water partition coefficient (Wildman–Crippen LogP) is 1.91. The van der Waals surface area contributed by atoms with Crippen molar-refractivity contribution in [1.82, 2.24) is 14.5 Å². The Bertz CT molecular complexity index is 621. The van der Waals surface area contributed by atoms with Gasteiger partial charge in [-0.15, -0.1) is 0 Å². The standard InChI is InChI=1S/C11H11ClN4O/c1-6-4-15(2)10-9-8(13-11(12)14-10)3-7(5-17)16(6)9/h3,5-6H,4H2,1-2H3/t6-/m0/s1. The van der Waals surface area contributed by atoms with E-state index in [9.17, 15) is 4.79 Å². The minimum absolute atomic E-state index is 0.212. The quantitative estimate of drug-likeness (QED) is 0.573. The average molecular weight is 251 g/mol. The third kappa shape index (κ3) is 1.35. The zero-order chi connectivity index (χ0) is 12.2. The summed E-state index contributed by atoms with van der Waals surface area (Å²) in [5.74, 6) is 0.784. The average Bonchev–Trinajstić information content (AvgIpc) is 2.64. The third-order valence-electron chi connectivity index (χ3n) is 3.13. The van der Waals surface area contributed by atoms with E-state index in [-0.39, 0.29) is 11.3 Å². The molecule has 3 heterocycles. The summed E-state index contributed by atoms with van der Waals surface area (Å²) in [5.41, 5.74) is 2.23. The summed E-state index contributed by atoms with van der Waals surface area (Å²) in [6.45, 7) is 2.87. The molecule has 2 aromatic heterocycles. The molecule has 0 fully saturated rings. The summed E-state index contributed by atoms with van der Waals surface area (Å²) in [4.78, 5) is 21.5. The molecule has 88 valence electrons. The van der Waals surface area contributed by atoms with E-state index in [0.29, 0.717) is 5.69 Å². The van der Waals surface area contributed by atoms with E-state index >= 15 is 0 Å². The largest absolute Gasteiger partial charge is 0.356 e. The van der Waals surface area contributed by atoms with Crippen LogP contribution in [-0.2, 0) is 0 Å². The molecule has 0 aromatic carbocycles. The monoisotopic (exact) mass is 250 g/mol. The summed E-state index contributed by atoms with van der Waals surface area (Å²) < 4.78 is 1.98. The molecule has 0 saturated heterocycles. The number of halogens is 1. The minimum Gasteiger partial charge on any atom is -0.356 e. The molecule has 0 saturated carbocycles. The molecule has 0 aliphatic carbocycles. The molecule has 17 heavy (non-hydrogen) atoms. The Kier molecular flexibility index (Phi) is 2.13. The van der Waals surface area contributed by atoms with Crippen molar-refractivity contribution in [2.24, 2.45) is 0 Å². The Hall–Kier alpha value is -1.62. The molecule has 1 atom stereocenters. The van der Waals surface area contributed by atoms with E-state index in [1.807, 2.05) is 16.5 Å². The van der Waals surface area contributed by atoms with Crippen LogP contribution in [0.5, 0.6) is 0 Å². The number of nitrogens with zero attached hydrogens (tertiary/aromatic N) is 4. The van der Waals surface area contributed by atoms with Crippen molar-refractivity contribution in [2.75, 3.05) is 18.5 Å². The molecule has 3 rings (SSSR count). The van der Waals surface area contributed by atoms with Gasteiger partial charge in [-0.3, -0.25) is 4.79 Å². The highest BCUT2D eigenvalue weighted by atomic mass is 35.5. The van der Waals surface area contributed by atoms with Crippen LogP contribution in [0.15, 0.2) is 6.07 Å². The van der Waals surface area contributed by atoms with Crippen molar-refractivity contribution < 1.29 is 4.79 Å². The van der Waals surface area contributed by atoms with Crippen LogP contribution in [-0.4, -0.2) is 34.4 Å². The molecule has 0 unspecified atom stereocenters. The van der Waals surface area contributed by atoms with E-state index in [1.165, 1.54) is 0 Å². The predicted molar refractivity (Wildman–Crippen MR) is 65.9 cm³/mol. The lowest BCUT2D eigenvalue weighted by Gasteiger charge is -2.31. The SMILES string of the molecule is C[C@H]1CN(C)c2nc(Cl)nc3cc(C=O)n1c23. The van der Waals surface area contributed by atoms with Gasteiger partial charge >= 0.3 is 0 Å². The van der Waals surface area contributed by atoms with Crippen LogP contribution in [0.2, 0.25) is 5.28 Å². The highest BCUT2D eigenvalue weighted by Gasteiger charge is 2.26. The van der Waals surface area contributed by atoms with Crippen LogP contribution in [0.4, 0.5) is 5.82 Å². The first-order valence-corrected chi connectivity index (χ1v) is 5.74. The Labute approximate surface area is 103 Å². The number of hydrogen-bond donors (Lipinski definition) is 0. The van der Waals surface area contributed by atoms with Gasteiger partial charge in [0.05, 0.1) is 11.2 Å². The first-order chi connectivity index (χ1) is 8.11. The first-order valence-electron chi connectivity index (χ1n) is 5.36. The topological polar surface area (TPSA) is 51.0 Å². The van der Waals surface area contributed by atoms with Crippen molar-refractivity contribution in [3.63, 3.8) is 0 Å². The van der Waals surface area contributed by atoms with Gasteiger partial charge in [0, 0.05) is 19.6 Å². The summed E-state index contributed by atoms with van der Waals surface area (Å²) in [7, 11) is 1.96. The highest BCUT2D eigenvalue weighted by Crippen LogP contribution is 2.34. The van der Waals surface area contributed by atoms with Gasteiger partial charge in [0.2, 0.25) is 5.28 Å². The maximum atomic E-state index is 11.1. The minimum atomic E-state index is 0.212. The molecule has 0 spiro atoms. The number of aromatic nitrogens is 3. The Morgan fingerprint density at radius 1 is 1.53 bits per heavy atom. The van der Waals surface area contributed by atoms with Crippen molar-refractivity contribution in [3.8, 4) is 0 Å². The van der Waals surface area contributed by atoms with Gasteiger partial charge in [0.1, 0.15) is 5.52 Å². The Balaban J connectivity index is 2.47. The van der Waals surface area contributed by atoms with Gasteiger partial charge in [-0.1, -0.05) is 0 Å². The number of carbonyl (C=O) groups excluding carboxylic acids is 1. The van der Waals surface area contributed by atoms with Crippen LogP contribution in [0.3, 0.4) is 0 Å². The third-order valence-corrected chi connectivity index (χ3v) is 3.30. The molecule has 0 radical (unpaired) electrons. The van der Waals surface area contributed by atoms with Crippen LogP contribution in [0.1, 0.15) is 23.5 Å². The molecular weight excluding hydrogens is 240 g/mol. The summed E-state index contributed by atoms with van der Waals surface area (Å²) in [5, 5.41) is 0.212. The van der Waals surface area contributed by atoms with E-state index < -0.39 is 0 Å². The van der Waals surface area contributed by atoms with Gasteiger partial charge in [0.25, 0.3) is 0 Å². The lowest BCUT2D eigenvalue weighted by atomic mass is 10.2.